The van der Waals surface area contributed by atoms with E-state index in [4.69, 9.17) is 9.47 Å². The summed E-state index contributed by atoms with van der Waals surface area (Å²) < 4.78 is 10.9. The highest BCUT2D eigenvalue weighted by Gasteiger charge is 2.11. The van der Waals surface area contributed by atoms with Crippen LogP contribution in [0.1, 0.15) is 29.8 Å². The number of phenolic OH excluding ortho intramolecular Hbond substituents is 1. The maximum Gasteiger partial charge on any atom is 0.271 e. The monoisotopic (exact) mass is 328 g/mol. The van der Waals surface area contributed by atoms with Crippen molar-refractivity contribution < 1.29 is 19.4 Å². The number of rotatable bonds is 6. The van der Waals surface area contributed by atoms with Crippen LogP contribution in [0.2, 0.25) is 0 Å². The van der Waals surface area contributed by atoms with Crippen LogP contribution in [0.4, 0.5) is 0 Å². The highest BCUT2D eigenvalue weighted by atomic mass is 16.5. The Morgan fingerprint density at radius 2 is 1.88 bits per heavy atom. The van der Waals surface area contributed by atoms with Crippen LogP contribution >= 0.6 is 0 Å². The van der Waals surface area contributed by atoms with E-state index in [1.807, 2.05) is 13.8 Å². The molecule has 6 nitrogen and oxygen atoms in total. The Morgan fingerprint density at radius 1 is 1.17 bits per heavy atom. The molecule has 0 radical (unpaired) electrons. The van der Waals surface area contributed by atoms with Crippen molar-refractivity contribution in [3.63, 3.8) is 0 Å². The van der Waals surface area contributed by atoms with Crippen molar-refractivity contribution in [3.8, 4) is 17.2 Å². The fraction of sp³-hybridized carbons (Fsp3) is 0.222. The second-order valence-corrected chi connectivity index (χ2v) is 5.32. The van der Waals surface area contributed by atoms with Gasteiger partial charge in [0, 0.05) is 5.56 Å². The van der Waals surface area contributed by atoms with E-state index in [-0.39, 0.29) is 17.8 Å². The molecule has 24 heavy (non-hydrogen) atoms. The Labute approximate surface area is 140 Å². The Balaban J connectivity index is 2.05. The average Bonchev–Trinajstić information content (AvgIpc) is 2.56. The van der Waals surface area contributed by atoms with E-state index in [1.54, 1.807) is 42.5 Å². The molecule has 0 aliphatic heterocycles. The molecule has 0 fully saturated rings. The minimum absolute atomic E-state index is 0.00786. The van der Waals surface area contributed by atoms with Gasteiger partial charge in [-0.25, -0.2) is 5.43 Å². The molecule has 1 amide bonds. The van der Waals surface area contributed by atoms with Crippen LogP contribution in [0.5, 0.6) is 17.2 Å². The number of methoxy groups -OCH3 is 1. The smallest absolute Gasteiger partial charge is 0.271 e. The summed E-state index contributed by atoms with van der Waals surface area (Å²) in [6.45, 7) is 3.83. The third kappa shape index (κ3) is 4.74. The number of benzene rings is 2. The molecule has 0 aromatic heterocycles. The second-order valence-electron chi connectivity index (χ2n) is 5.32. The van der Waals surface area contributed by atoms with E-state index < -0.39 is 0 Å². The lowest BCUT2D eigenvalue weighted by molar-refractivity contribution is 0.0954. The molecule has 2 aromatic rings. The molecular formula is C18H20N2O4. The molecule has 0 aliphatic carbocycles. The quantitative estimate of drug-likeness (QED) is 0.631. The predicted octanol–water partition coefficient (Wildman–Crippen LogP) is 2.95. The van der Waals surface area contributed by atoms with E-state index in [9.17, 15) is 9.90 Å². The van der Waals surface area contributed by atoms with Crippen molar-refractivity contribution >= 4 is 12.1 Å². The Kier molecular flexibility index (Phi) is 5.78. The molecule has 0 saturated carbocycles. The number of hydrogen-bond acceptors (Lipinski definition) is 5. The third-order valence-corrected chi connectivity index (χ3v) is 3.06. The molecule has 0 atom stereocenters. The first kappa shape index (κ1) is 17.3. The first-order valence-electron chi connectivity index (χ1n) is 7.46. The summed E-state index contributed by atoms with van der Waals surface area (Å²) in [6, 6.07) is 11.4. The topological polar surface area (TPSA) is 80.2 Å². The largest absolute Gasteiger partial charge is 0.508 e. The van der Waals surface area contributed by atoms with Gasteiger partial charge in [-0.2, -0.15) is 5.10 Å². The number of nitrogens with one attached hydrogen (secondary N) is 1. The summed E-state index contributed by atoms with van der Waals surface area (Å²) in [4.78, 5) is 12.1. The molecule has 0 heterocycles. The maximum absolute atomic E-state index is 12.1. The minimum atomic E-state index is -0.362. The van der Waals surface area contributed by atoms with Gasteiger partial charge < -0.3 is 14.6 Å². The number of carbonyl (C=O) groups excluding carboxylic acids is 1. The summed E-state index contributed by atoms with van der Waals surface area (Å²) in [7, 11) is 1.52. The van der Waals surface area contributed by atoms with Crippen LogP contribution in [0.15, 0.2) is 47.6 Å². The third-order valence-electron chi connectivity index (χ3n) is 3.06. The number of aromatic hydroxyl groups is 1. The summed E-state index contributed by atoms with van der Waals surface area (Å²) >= 11 is 0. The van der Waals surface area contributed by atoms with Gasteiger partial charge in [-0.3, -0.25) is 4.79 Å². The van der Waals surface area contributed by atoms with Crippen LogP contribution in [0.3, 0.4) is 0 Å². The van der Waals surface area contributed by atoms with E-state index in [0.29, 0.717) is 17.1 Å². The van der Waals surface area contributed by atoms with Gasteiger partial charge in [0.15, 0.2) is 11.5 Å². The summed E-state index contributed by atoms with van der Waals surface area (Å²) in [6.07, 6.45) is 1.50. The van der Waals surface area contributed by atoms with E-state index in [0.717, 1.165) is 5.56 Å². The average molecular weight is 328 g/mol. The maximum atomic E-state index is 12.1. The van der Waals surface area contributed by atoms with Gasteiger partial charge in [0.2, 0.25) is 0 Å². The Bertz CT molecular complexity index is 724. The summed E-state index contributed by atoms with van der Waals surface area (Å²) in [5, 5.41) is 13.1. The first-order chi connectivity index (χ1) is 11.5. The summed E-state index contributed by atoms with van der Waals surface area (Å²) in [5.41, 5.74) is 3.61. The molecule has 0 aliphatic rings. The summed E-state index contributed by atoms with van der Waals surface area (Å²) in [5.74, 6) is 0.877. The van der Waals surface area contributed by atoms with Gasteiger partial charge in [-0.05, 0) is 61.9 Å². The Morgan fingerprint density at radius 3 is 2.50 bits per heavy atom. The minimum Gasteiger partial charge on any atom is -0.508 e. The molecule has 0 spiro atoms. The van der Waals surface area contributed by atoms with Gasteiger partial charge in [0.25, 0.3) is 5.91 Å². The molecule has 126 valence electrons. The Hall–Kier alpha value is -3.02. The lowest BCUT2D eigenvalue weighted by Gasteiger charge is -2.14. The van der Waals surface area contributed by atoms with Crippen molar-refractivity contribution in [3.05, 3.63) is 53.6 Å². The second kappa shape index (κ2) is 8.01. The standard InChI is InChI=1S/C18H20N2O4/c1-12(2)24-16-9-6-14(10-17(16)23-3)18(22)20-19-11-13-4-7-15(21)8-5-13/h4-12,21H,1-3H3,(H,20,22)/b19-11+. The number of hydrazone groups is 1. The lowest BCUT2D eigenvalue weighted by Crippen LogP contribution is -2.18. The molecule has 2 aromatic carbocycles. The van der Waals surface area contributed by atoms with Crippen molar-refractivity contribution in [2.24, 2.45) is 5.10 Å². The van der Waals surface area contributed by atoms with Crippen LogP contribution in [-0.4, -0.2) is 30.4 Å². The normalized spacial score (nSPS) is 10.8. The fourth-order valence-electron chi connectivity index (χ4n) is 1.95. The number of carbonyl (C=O) groups is 1. The van der Waals surface area contributed by atoms with Gasteiger partial charge in [-0.1, -0.05) is 0 Å². The highest BCUT2D eigenvalue weighted by Crippen LogP contribution is 2.28. The zero-order valence-corrected chi connectivity index (χ0v) is 13.8. The van der Waals surface area contributed by atoms with Crippen LogP contribution in [-0.2, 0) is 0 Å². The number of phenols is 1. The van der Waals surface area contributed by atoms with E-state index in [1.165, 1.54) is 13.3 Å². The van der Waals surface area contributed by atoms with Gasteiger partial charge in [-0.15, -0.1) is 0 Å². The number of ether oxygens (including phenoxy) is 2. The number of nitrogens with zero attached hydrogens (tertiary/aromatic N) is 1. The SMILES string of the molecule is COc1cc(C(=O)N/N=C/c2ccc(O)cc2)ccc1OC(C)C. The molecule has 0 bridgehead atoms. The van der Waals surface area contributed by atoms with Crippen LogP contribution in [0, 0.1) is 0 Å². The zero-order chi connectivity index (χ0) is 17.5. The van der Waals surface area contributed by atoms with Crippen molar-refractivity contribution in [1.82, 2.24) is 5.43 Å². The van der Waals surface area contributed by atoms with E-state index >= 15 is 0 Å². The molecule has 2 rings (SSSR count). The van der Waals surface area contributed by atoms with Crippen LogP contribution in [0.25, 0.3) is 0 Å². The van der Waals surface area contributed by atoms with Crippen LogP contribution < -0.4 is 14.9 Å². The molecular weight excluding hydrogens is 308 g/mol. The van der Waals surface area contributed by atoms with Crippen molar-refractivity contribution in [1.29, 1.82) is 0 Å². The number of amides is 1. The van der Waals surface area contributed by atoms with Gasteiger partial charge >= 0.3 is 0 Å². The fourth-order valence-corrected chi connectivity index (χ4v) is 1.95. The van der Waals surface area contributed by atoms with Crippen molar-refractivity contribution in [2.75, 3.05) is 7.11 Å². The first-order valence-corrected chi connectivity index (χ1v) is 7.46. The van der Waals surface area contributed by atoms with E-state index in [2.05, 4.69) is 10.5 Å². The van der Waals surface area contributed by atoms with Gasteiger partial charge in [0.1, 0.15) is 5.75 Å². The number of hydrogen-bond donors (Lipinski definition) is 2. The van der Waals surface area contributed by atoms with Crippen molar-refractivity contribution in [2.45, 2.75) is 20.0 Å². The molecule has 0 unspecified atom stereocenters. The molecule has 2 N–H and O–H groups in total. The predicted molar refractivity (Wildman–Crippen MR) is 91.9 cm³/mol. The highest BCUT2D eigenvalue weighted by molar-refractivity contribution is 5.95. The lowest BCUT2D eigenvalue weighted by atomic mass is 10.2. The van der Waals surface area contributed by atoms with Gasteiger partial charge in [0.05, 0.1) is 19.4 Å². The molecule has 6 heteroatoms. The molecule has 0 saturated heterocycles. The zero-order valence-electron chi connectivity index (χ0n) is 13.8.